The van der Waals surface area contributed by atoms with E-state index in [2.05, 4.69) is 9.84 Å². The second-order valence-electron chi connectivity index (χ2n) is 3.93. The Bertz CT molecular complexity index is 622. The van der Waals surface area contributed by atoms with Gasteiger partial charge in [-0.1, -0.05) is 18.2 Å². The Morgan fingerprint density at radius 3 is 2.74 bits per heavy atom. The van der Waals surface area contributed by atoms with E-state index in [4.69, 9.17) is 0 Å². The van der Waals surface area contributed by atoms with Crippen molar-refractivity contribution in [1.82, 2.24) is 9.78 Å². The van der Waals surface area contributed by atoms with E-state index in [1.54, 1.807) is 24.3 Å². The molecule has 0 saturated heterocycles. The molecule has 0 saturated carbocycles. The fraction of sp³-hybridized carbons (Fsp3) is 0.333. The van der Waals surface area contributed by atoms with Crippen LogP contribution in [0.5, 0.6) is 0 Å². The maximum absolute atomic E-state index is 11.9. The van der Waals surface area contributed by atoms with E-state index < -0.39 is 12.8 Å². The lowest BCUT2D eigenvalue weighted by atomic mass is 10.2. The molecular weight excluding hydrogens is 261 g/mol. The summed E-state index contributed by atoms with van der Waals surface area (Å²) in [5, 5.41) is 5.06. The van der Waals surface area contributed by atoms with Crippen molar-refractivity contribution < 1.29 is 17.9 Å². The van der Waals surface area contributed by atoms with Crippen LogP contribution >= 0.6 is 0 Å². The van der Waals surface area contributed by atoms with Crippen LogP contribution in [0.4, 0.5) is 13.2 Å². The minimum Gasteiger partial charge on any atom is -0.370 e. The van der Waals surface area contributed by atoms with Gasteiger partial charge in [0.15, 0.2) is 0 Å². The van der Waals surface area contributed by atoms with Gasteiger partial charge in [0.1, 0.15) is 6.61 Å². The topological polar surface area (TPSA) is 44.1 Å². The summed E-state index contributed by atoms with van der Waals surface area (Å²) in [5.74, 6) is 0. The van der Waals surface area contributed by atoms with E-state index in [0.29, 0.717) is 10.8 Å². The highest BCUT2D eigenvalue weighted by Gasteiger charge is 2.27. The molecule has 0 radical (unpaired) electrons. The molecule has 19 heavy (non-hydrogen) atoms. The fourth-order valence-electron chi connectivity index (χ4n) is 1.63. The van der Waals surface area contributed by atoms with Crippen molar-refractivity contribution in [3.05, 3.63) is 40.8 Å². The Hall–Kier alpha value is -1.89. The molecule has 0 unspecified atom stereocenters. The van der Waals surface area contributed by atoms with Crippen LogP contribution in [-0.2, 0) is 11.3 Å². The zero-order chi connectivity index (χ0) is 13.9. The van der Waals surface area contributed by atoms with Gasteiger partial charge in [-0.25, -0.2) is 4.68 Å². The third kappa shape index (κ3) is 3.54. The third-order valence-electron chi connectivity index (χ3n) is 2.47. The van der Waals surface area contributed by atoms with Crippen LogP contribution in [0.25, 0.3) is 10.8 Å². The minimum absolute atomic E-state index is 0.0141. The van der Waals surface area contributed by atoms with Gasteiger partial charge in [0.05, 0.1) is 24.7 Å². The van der Waals surface area contributed by atoms with Gasteiger partial charge in [-0.05, 0) is 6.07 Å². The molecule has 0 aliphatic carbocycles. The van der Waals surface area contributed by atoms with Gasteiger partial charge in [-0.2, -0.15) is 18.3 Å². The molecule has 102 valence electrons. The number of benzene rings is 1. The van der Waals surface area contributed by atoms with Crippen LogP contribution in [0.2, 0.25) is 0 Å². The van der Waals surface area contributed by atoms with E-state index in [9.17, 15) is 18.0 Å². The van der Waals surface area contributed by atoms with Crippen LogP contribution in [0.1, 0.15) is 0 Å². The molecule has 0 aliphatic rings. The lowest BCUT2D eigenvalue weighted by Crippen LogP contribution is -2.26. The third-order valence-corrected chi connectivity index (χ3v) is 2.47. The Labute approximate surface area is 106 Å². The predicted molar refractivity (Wildman–Crippen MR) is 62.9 cm³/mol. The summed E-state index contributed by atoms with van der Waals surface area (Å²) in [6, 6.07) is 6.88. The van der Waals surface area contributed by atoms with Crippen molar-refractivity contribution >= 4 is 10.8 Å². The predicted octanol–water partition coefficient (Wildman–Crippen LogP) is 1.98. The highest BCUT2D eigenvalue weighted by Crippen LogP contribution is 2.14. The SMILES string of the molecule is O=c1c2ccccc2cnn1CCOCC(F)(F)F. The molecule has 1 heterocycles. The van der Waals surface area contributed by atoms with Gasteiger partial charge in [-0.15, -0.1) is 0 Å². The maximum Gasteiger partial charge on any atom is 0.411 e. The molecule has 1 aromatic carbocycles. The smallest absolute Gasteiger partial charge is 0.370 e. The Balaban J connectivity index is 2.06. The molecule has 7 heteroatoms. The first kappa shape index (κ1) is 13.5. The molecule has 4 nitrogen and oxygen atoms in total. The number of hydrogen-bond donors (Lipinski definition) is 0. The Kier molecular flexibility index (Phi) is 3.84. The summed E-state index contributed by atoms with van der Waals surface area (Å²) in [7, 11) is 0. The number of aromatic nitrogens is 2. The number of halogens is 3. The van der Waals surface area contributed by atoms with Crippen molar-refractivity contribution in [2.24, 2.45) is 0 Å². The number of fused-ring (bicyclic) bond motifs is 1. The first-order valence-corrected chi connectivity index (χ1v) is 5.57. The molecule has 2 aromatic rings. The van der Waals surface area contributed by atoms with E-state index in [-0.39, 0.29) is 18.7 Å². The van der Waals surface area contributed by atoms with Gasteiger partial charge in [-0.3, -0.25) is 4.79 Å². The average Bonchev–Trinajstić information content (AvgIpc) is 2.36. The van der Waals surface area contributed by atoms with Crippen molar-refractivity contribution in [3.63, 3.8) is 0 Å². The van der Waals surface area contributed by atoms with Crippen LogP contribution in [0.15, 0.2) is 35.3 Å². The van der Waals surface area contributed by atoms with Crippen molar-refractivity contribution in [3.8, 4) is 0 Å². The number of nitrogens with zero attached hydrogens (tertiary/aromatic N) is 2. The molecule has 0 N–H and O–H groups in total. The molecule has 0 spiro atoms. The standard InChI is InChI=1S/C12H11F3N2O2/c13-12(14,15)8-19-6-5-17-11(18)10-4-2-1-3-9(10)7-16-17/h1-4,7H,5-6,8H2. The van der Waals surface area contributed by atoms with E-state index in [1.807, 2.05) is 0 Å². The molecule has 2 rings (SSSR count). The summed E-state index contributed by atoms with van der Waals surface area (Å²) in [4.78, 5) is 11.9. The van der Waals surface area contributed by atoms with Crippen LogP contribution < -0.4 is 5.56 Å². The van der Waals surface area contributed by atoms with Crippen molar-refractivity contribution in [2.75, 3.05) is 13.2 Å². The molecule has 0 fully saturated rings. The van der Waals surface area contributed by atoms with Gasteiger partial charge < -0.3 is 4.74 Å². The molecule has 0 aliphatic heterocycles. The van der Waals surface area contributed by atoms with Crippen LogP contribution in [-0.4, -0.2) is 29.2 Å². The summed E-state index contributed by atoms with van der Waals surface area (Å²) < 4.78 is 41.1. The first-order valence-electron chi connectivity index (χ1n) is 5.57. The lowest BCUT2D eigenvalue weighted by molar-refractivity contribution is -0.174. The highest BCUT2D eigenvalue weighted by atomic mass is 19.4. The lowest BCUT2D eigenvalue weighted by Gasteiger charge is -2.08. The molecule has 0 bridgehead atoms. The van der Waals surface area contributed by atoms with Crippen LogP contribution in [0.3, 0.4) is 0 Å². The average molecular weight is 272 g/mol. The van der Waals surface area contributed by atoms with Gasteiger partial charge in [0, 0.05) is 5.39 Å². The minimum atomic E-state index is -4.36. The molecule has 0 amide bonds. The summed E-state index contributed by atoms with van der Waals surface area (Å²) in [6.07, 6.45) is -2.86. The van der Waals surface area contributed by atoms with E-state index >= 15 is 0 Å². The number of ether oxygens (including phenoxy) is 1. The van der Waals surface area contributed by atoms with Gasteiger partial charge in [0.25, 0.3) is 5.56 Å². The Morgan fingerprint density at radius 1 is 1.26 bits per heavy atom. The zero-order valence-corrected chi connectivity index (χ0v) is 9.85. The summed E-state index contributed by atoms with van der Waals surface area (Å²) in [6.45, 7) is -1.56. The van der Waals surface area contributed by atoms with Crippen molar-refractivity contribution in [2.45, 2.75) is 12.7 Å². The monoisotopic (exact) mass is 272 g/mol. The van der Waals surface area contributed by atoms with Gasteiger partial charge in [0.2, 0.25) is 0 Å². The maximum atomic E-state index is 11.9. The molecule has 1 aromatic heterocycles. The number of rotatable bonds is 4. The van der Waals surface area contributed by atoms with E-state index in [0.717, 1.165) is 4.68 Å². The molecule has 0 atom stereocenters. The second-order valence-corrected chi connectivity index (χ2v) is 3.93. The quantitative estimate of drug-likeness (QED) is 0.799. The Morgan fingerprint density at radius 2 is 2.00 bits per heavy atom. The molecular formula is C12H11F3N2O2. The fourth-order valence-corrected chi connectivity index (χ4v) is 1.63. The van der Waals surface area contributed by atoms with Crippen molar-refractivity contribution in [1.29, 1.82) is 0 Å². The van der Waals surface area contributed by atoms with Crippen LogP contribution in [0, 0.1) is 0 Å². The highest BCUT2D eigenvalue weighted by molar-refractivity contribution is 5.80. The largest absolute Gasteiger partial charge is 0.411 e. The van der Waals surface area contributed by atoms with Gasteiger partial charge >= 0.3 is 6.18 Å². The zero-order valence-electron chi connectivity index (χ0n) is 9.85. The summed E-state index contributed by atoms with van der Waals surface area (Å²) in [5.41, 5.74) is -0.339. The number of alkyl halides is 3. The van der Waals surface area contributed by atoms with E-state index in [1.165, 1.54) is 6.20 Å². The number of hydrogen-bond acceptors (Lipinski definition) is 3. The second kappa shape index (κ2) is 5.40. The summed E-state index contributed by atoms with van der Waals surface area (Å²) >= 11 is 0. The normalized spacial score (nSPS) is 11.9. The first-order chi connectivity index (χ1) is 8.97.